The van der Waals surface area contributed by atoms with Crippen molar-refractivity contribution in [1.29, 1.82) is 0 Å². The molecule has 35 heavy (non-hydrogen) atoms. The third kappa shape index (κ3) is 5.11. The number of nitrogens with two attached hydrogens (primary N) is 1. The van der Waals surface area contributed by atoms with Crippen LogP contribution in [0.1, 0.15) is 39.2 Å². The number of aromatic nitrogens is 2. The van der Waals surface area contributed by atoms with Crippen LogP contribution in [-0.2, 0) is 0 Å². The summed E-state index contributed by atoms with van der Waals surface area (Å²) in [7, 11) is 0. The van der Waals surface area contributed by atoms with Crippen molar-refractivity contribution in [2.75, 3.05) is 19.7 Å². The van der Waals surface area contributed by atoms with Crippen molar-refractivity contribution in [1.82, 2.24) is 14.9 Å². The minimum Gasteiger partial charge on any atom is -0.482 e. The summed E-state index contributed by atoms with van der Waals surface area (Å²) in [5, 5.41) is 10.3. The monoisotopic (exact) mass is 500 g/mol. The van der Waals surface area contributed by atoms with Crippen molar-refractivity contribution in [3.05, 3.63) is 93.2 Å². The second-order valence-corrected chi connectivity index (χ2v) is 8.56. The van der Waals surface area contributed by atoms with Gasteiger partial charge in [-0.05, 0) is 43.7 Å². The average molecular weight is 501 g/mol. The molecule has 7 nitrogen and oxygen atoms in total. The number of aliphatic hydroxyl groups excluding tert-OH is 1. The van der Waals surface area contributed by atoms with E-state index in [-0.39, 0.29) is 24.4 Å². The van der Waals surface area contributed by atoms with E-state index in [2.05, 4.69) is 9.97 Å². The molecule has 3 N–H and O–H groups in total. The van der Waals surface area contributed by atoms with Crippen molar-refractivity contribution < 1.29 is 23.4 Å². The van der Waals surface area contributed by atoms with E-state index in [1.165, 1.54) is 35.2 Å². The van der Waals surface area contributed by atoms with Gasteiger partial charge < -0.3 is 20.5 Å². The number of benzene rings is 2. The zero-order valence-electron chi connectivity index (χ0n) is 19.1. The highest BCUT2D eigenvalue weighted by atomic mass is 35.5. The first kappa shape index (κ1) is 24.6. The number of aliphatic hydroxyl groups is 1. The Morgan fingerprint density at radius 2 is 1.74 bits per heavy atom. The van der Waals surface area contributed by atoms with Crippen molar-refractivity contribution >= 4 is 23.1 Å². The van der Waals surface area contributed by atoms with Gasteiger partial charge in [-0.2, -0.15) is 0 Å². The first-order valence-electron chi connectivity index (χ1n) is 10.8. The zero-order valence-corrected chi connectivity index (χ0v) is 19.8. The molecule has 0 saturated heterocycles. The van der Waals surface area contributed by atoms with Gasteiger partial charge >= 0.3 is 0 Å². The van der Waals surface area contributed by atoms with Crippen LogP contribution in [0.25, 0.3) is 5.57 Å². The SMILES string of the molecule is Cc1nc(C2=C(N)CN(C(=O)c3ccc(F)cc3OC(CO)c3ccc(F)cc3)C2)nc(C)c1Cl. The summed E-state index contributed by atoms with van der Waals surface area (Å²) in [6.45, 7) is 3.32. The van der Waals surface area contributed by atoms with Crippen molar-refractivity contribution in [3.8, 4) is 5.75 Å². The number of ether oxygens (including phenoxy) is 1. The van der Waals surface area contributed by atoms with Gasteiger partial charge in [0.05, 0.1) is 41.7 Å². The van der Waals surface area contributed by atoms with Crippen LogP contribution < -0.4 is 10.5 Å². The Balaban J connectivity index is 1.59. The molecular formula is C25H23ClF2N4O3. The molecule has 1 aromatic heterocycles. The summed E-state index contributed by atoms with van der Waals surface area (Å²) in [5.41, 5.74) is 9.02. The van der Waals surface area contributed by atoms with Gasteiger partial charge in [-0.3, -0.25) is 4.79 Å². The largest absolute Gasteiger partial charge is 0.482 e. The summed E-state index contributed by atoms with van der Waals surface area (Å²) in [4.78, 5) is 23.7. The first-order chi connectivity index (χ1) is 16.7. The van der Waals surface area contributed by atoms with Crippen LogP contribution in [0.15, 0.2) is 48.2 Å². The Morgan fingerprint density at radius 1 is 1.11 bits per heavy atom. The smallest absolute Gasteiger partial charge is 0.258 e. The number of amides is 1. The number of carbonyl (C=O) groups is 1. The number of hydrogen-bond donors (Lipinski definition) is 2. The number of hydrogen-bond acceptors (Lipinski definition) is 6. The van der Waals surface area contributed by atoms with E-state index in [0.29, 0.717) is 39.1 Å². The number of aryl methyl sites for hydroxylation is 2. The predicted molar refractivity (Wildman–Crippen MR) is 127 cm³/mol. The molecular weight excluding hydrogens is 478 g/mol. The van der Waals surface area contributed by atoms with Crippen LogP contribution >= 0.6 is 11.6 Å². The maximum absolute atomic E-state index is 14.1. The summed E-state index contributed by atoms with van der Waals surface area (Å²) < 4.78 is 33.2. The lowest BCUT2D eigenvalue weighted by atomic mass is 10.1. The normalized spacial score (nSPS) is 14.4. The van der Waals surface area contributed by atoms with Gasteiger partial charge in [0.2, 0.25) is 0 Å². The van der Waals surface area contributed by atoms with Crippen LogP contribution in [0, 0.1) is 25.5 Å². The van der Waals surface area contributed by atoms with Gasteiger partial charge in [-0.1, -0.05) is 23.7 Å². The van der Waals surface area contributed by atoms with Crippen molar-refractivity contribution in [2.45, 2.75) is 20.0 Å². The van der Waals surface area contributed by atoms with Gasteiger partial charge in [0.25, 0.3) is 5.91 Å². The van der Waals surface area contributed by atoms with Gasteiger partial charge in [0.1, 0.15) is 23.5 Å². The van der Waals surface area contributed by atoms with Gasteiger partial charge in [-0.15, -0.1) is 0 Å². The molecule has 182 valence electrons. The molecule has 0 fully saturated rings. The van der Waals surface area contributed by atoms with E-state index >= 15 is 0 Å². The molecule has 2 aromatic carbocycles. The zero-order chi connectivity index (χ0) is 25.3. The molecule has 1 aliphatic rings. The molecule has 1 unspecified atom stereocenters. The van der Waals surface area contributed by atoms with Gasteiger partial charge in [0, 0.05) is 17.3 Å². The standard InChI is InChI=1S/C25H23ClF2N4O3/c1-13-23(26)14(2)31-24(30-13)19-10-32(11-20(19)29)25(34)18-8-7-17(28)9-21(18)35-22(12-33)15-3-5-16(27)6-4-15/h3-9,22,33H,10-12,29H2,1-2H3. The lowest BCUT2D eigenvalue weighted by molar-refractivity contribution is 0.0779. The van der Waals surface area contributed by atoms with Crippen LogP contribution in [0.2, 0.25) is 5.02 Å². The Bertz CT molecular complexity index is 1290. The van der Waals surface area contributed by atoms with E-state index in [1.807, 2.05) is 0 Å². The van der Waals surface area contributed by atoms with E-state index in [9.17, 15) is 18.7 Å². The summed E-state index contributed by atoms with van der Waals surface area (Å²) in [6.07, 6.45) is -0.935. The van der Waals surface area contributed by atoms with Crippen LogP contribution in [0.4, 0.5) is 8.78 Å². The van der Waals surface area contributed by atoms with E-state index in [1.54, 1.807) is 13.8 Å². The molecule has 1 atom stereocenters. The van der Waals surface area contributed by atoms with E-state index < -0.39 is 30.3 Å². The topological polar surface area (TPSA) is 102 Å². The summed E-state index contributed by atoms with van der Waals surface area (Å²) in [5.74, 6) is -1.18. The second kappa shape index (κ2) is 9.97. The quantitative estimate of drug-likeness (QED) is 0.531. The predicted octanol–water partition coefficient (Wildman–Crippen LogP) is 3.96. The fourth-order valence-corrected chi connectivity index (χ4v) is 3.91. The number of rotatable bonds is 6. The lowest BCUT2D eigenvalue weighted by Gasteiger charge is -2.22. The molecule has 2 heterocycles. The molecule has 0 saturated carbocycles. The van der Waals surface area contributed by atoms with Gasteiger partial charge in [-0.25, -0.2) is 18.7 Å². The Hall–Kier alpha value is -3.56. The third-order valence-corrected chi connectivity index (χ3v) is 6.24. The van der Waals surface area contributed by atoms with Crippen molar-refractivity contribution in [3.63, 3.8) is 0 Å². The summed E-state index contributed by atoms with van der Waals surface area (Å²) in [6, 6.07) is 8.88. The lowest BCUT2D eigenvalue weighted by Crippen LogP contribution is -2.31. The Kier molecular flexibility index (Phi) is 7.00. The van der Waals surface area contributed by atoms with Gasteiger partial charge in [0.15, 0.2) is 5.82 Å². The fraction of sp³-hybridized carbons (Fsp3) is 0.240. The highest BCUT2D eigenvalue weighted by Crippen LogP contribution is 2.31. The molecule has 0 aliphatic carbocycles. The molecule has 3 aromatic rings. The molecule has 4 rings (SSSR count). The maximum atomic E-state index is 14.1. The fourth-order valence-electron chi connectivity index (χ4n) is 3.83. The van der Waals surface area contributed by atoms with E-state index in [0.717, 1.165) is 12.1 Å². The van der Waals surface area contributed by atoms with E-state index in [4.69, 9.17) is 22.1 Å². The number of nitrogens with zero attached hydrogens (tertiary/aromatic N) is 3. The maximum Gasteiger partial charge on any atom is 0.258 e. The van der Waals surface area contributed by atoms with Crippen LogP contribution in [0.5, 0.6) is 5.75 Å². The van der Waals surface area contributed by atoms with Crippen LogP contribution in [0.3, 0.4) is 0 Å². The Labute approximate surface area is 205 Å². The highest BCUT2D eigenvalue weighted by Gasteiger charge is 2.30. The average Bonchev–Trinajstić information content (AvgIpc) is 3.22. The molecule has 1 aliphatic heterocycles. The number of halogens is 3. The minimum absolute atomic E-state index is 0.0557. The molecule has 10 heteroatoms. The molecule has 0 radical (unpaired) electrons. The minimum atomic E-state index is -0.935. The van der Waals surface area contributed by atoms with Crippen molar-refractivity contribution in [2.24, 2.45) is 5.73 Å². The molecule has 0 bridgehead atoms. The highest BCUT2D eigenvalue weighted by molar-refractivity contribution is 6.31. The first-order valence-corrected chi connectivity index (χ1v) is 11.2. The second-order valence-electron chi connectivity index (χ2n) is 8.18. The van der Waals surface area contributed by atoms with Crippen LogP contribution in [-0.4, -0.2) is 45.6 Å². The summed E-state index contributed by atoms with van der Waals surface area (Å²) >= 11 is 6.17. The Morgan fingerprint density at radius 3 is 2.37 bits per heavy atom. The number of carbonyl (C=O) groups excluding carboxylic acids is 1. The third-order valence-electron chi connectivity index (χ3n) is 5.69. The molecule has 0 spiro atoms. The molecule has 1 amide bonds.